The second kappa shape index (κ2) is 9.31. The molecule has 0 saturated carbocycles. The van der Waals surface area contributed by atoms with Gasteiger partial charge in [0.2, 0.25) is 5.95 Å². The van der Waals surface area contributed by atoms with Crippen molar-refractivity contribution in [2.75, 3.05) is 10.6 Å². The van der Waals surface area contributed by atoms with E-state index in [1.54, 1.807) is 0 Å². The Bertz CT molecular complexity index is 1280. The highest BCUT2D eigenvalue weighted by Crippen LogP contribution is 2.23. The van der Waals surface area contributed by atoms with Gasteiger partial charge < -0.3 is 15.2 Å². The number of benzene rings is 3. The van der Waals surface area contributed by atoms with Gasteiger partial charge >= 0.3 is 0 Å². The van der Waals surface area contributed by atoms with Crippen LogP contribution < -0.4 is 10.6 Å². The molecule has 6 heteroatoms. The Morgan fingerprint density at radius 3 is 1.81 bits per heavy atom. The molecule has 158 valence electrons. The molecule has 0 fully saturated rings. The smallest absolute Gasteiger partial charge is 0.227 e. The minimum Gasteiger partial charge on any atom is -0.364 e. The lowest BCUT2D eigenvalue weighted by Gasteiger charge is -2.12. The van der Waals surface area contributed by atoms with E-state index in [0.29, 0.717) is 31.2 Å². The molecule has 5 rings (SSSR count). The monoisotopic (exact) mass is 420 g/mol. The van der Waals surface area contributed by atoms with Crippen molar-refractivity contribution in [2.24, 2.45) is 0 Å². The number of imidazole rings is 1. The van der Waals surface area contributed by atoms with Gasteiger partial charge in [-0.25, -0.2) is 4.98 Å². The third kappa shape index (κ3) is 4.59. The Morgan fingerprint density at radius 2 is 1.19 bits per heavy atom. The van der Waals surface area contributed by atoms with Gasteiger partial charge in [0.15, 0.2) is 11.5 Å². The van der Waals surface area contributed by atoms with Gasteiger partial charge in [0.05, 0.1) is 6.33 Å². The van der Waals surface area contributed by atoms with Gasteiger partial charge in [0.1, 0.15) is 5.52 Å². The molecule has 0 aliphatic rings. The van der Waals surface area contributed by atoms with Gasteiger partial charge in [-0.05, 0) is 16.7 Å². The largest absolute Gasteiger partial charge is 0.364 e. The molecule has 0 atom stereocenters. The van der Waals surface area contributed by atoms with Gasteiger partial charge in [-0.1, -0.05) is 91.0 Å². The minimum absolute atomic E-state index is 0.557. The lowest BCUT2D eigenvalue weighted by molar-refractivity contribution is 0.822. The second-order valence-electron chi connectivity index (χ2n) is 7.60. The van der Waals surface area contributed by atoms with E-state index in [4.69, 9.17) is 4.98 Å². The highest BCUT2D eigenvalue weighted by atomic mass is 15.2. The Labute approximate surface area is 187 Å². The third-order valence-corrected chi connectivity index (χ3v) is 5.26. The number of hydrogen-bond donors (Lipinski definition) is 2. The topological polar surface area (TPSA) is 67.7 Å². The number of nitrogens with zero attached hydrogens (tertiary/aromatic N) is 4. The fourth-order valence-corrected chi connectivity index (χ4v) is 3.64. The Kier molecular flexibility index (Phi) is 5.74. The number of fused-ring (bicyclic) bond motifs is 1. The third-order valence-electron chi connectivity index (χ3n) is 5.26. The van der Waals surface area contributed by atoms with Crippen LogP contribution >= 0.6 is 0 Å². The minimum atomic E-state index is 0.557. The zero-order chi connectivity index (χ0) is 21.6. The molecule has 6 nitrogen and oxygen atoms in total. The first-order valence-electron chi connectivity index (χ1n) is 10.7. The van der Waals surface area contributed by atoms with Crippen molar-refractivity contribution in [1.29, 1.82) is 0 Å². The summed E-state index contributed by atoms with van der Waals surface area (Å²) in [5.74, 6) is 1.32. The molecule has 2 heterocycles. The van der Waals surface area contributed by atoms with Gasteiger partial charge in [-0.2, -0.15) is 9.97 Å². The molecule has 0 aliphatic heterocycles. The van der Waals surface area contributed by atoms with E-state index in [2.05, 4.69) is 61.6 Å². The Morgan fingerprint density at radius 1 is 0.625 bits per heavy atom. The number of anilines is 2. The number of aromatic nitrogens is 4. The van der Waals surface area contributed by atoms with Crippen LogP contribution in [-0.2, 0) is 19.6 Å². The number of nitrogens with one attached hydrogen (secondary N) is 2. The fourth-order valence-electron chi connectivity index (χ4n) is 3.64. The predicted octanol–water partition coefficient (Wildman–Crippen LogP) is 5.10. The first-order valence-corrected chi connectivity index (χ1v) is 10.7. The van der Waals surface area contributed by atoms with Crippen LogP contribution in [0.1, 0.15) is 16.7 Å². The Hall–Kier alpha value is -4.19. The van der Waals surface area contributed by atoms with Crippen LogP contribution in [0.15, 0.2) is 97.3 Å². The summed E-state index contributed by atoms with van der Waals surface area (Å²) in [7, 11) is 0. The molecule has 0 radical (unpaired) electrons. The number of rotatable bonds is 8. The van der Waals surface area contributed by atoms with E-state index in [9.17, 15) is 0 Å². The normalized spacial score (nSPS) is 10.9. The summed E-state index contributed by atoms with van der Waals surface area (Å²) in [5.41, 5.74) is 5.13. The molecular weight excluding hydrogens is 396 g/mol. The fraction of sp³-hybridized carbons (Fsp3) is 0.115. The summed E-state index contributed by atoms with van der Waals surface area (Å²) in [4.78, 5) is 14.1. The molecule has 5 aromatic rings. The van der Waals surface area contributed by atoms with E-state index >= 15 is 0 Å². The Balaban J connectivity index is 1.46. The maximum absolute atomic E-state index is 4.81. The van der Waals surface area contributed by atoms with E-state index in [0.717, 1.165) is 11.3 Å². The molecule has 0 bridgehead atoms. The van der Waals surface area contributed by atoms with Crippen LogP contribution in [0.5, 0.6) is 0 Å². The summed E-state index contributed by atoms with van der Waals surface area (Å²) in [6.07, 6.45) is 1.83. The molecule has 32 heavy (non-hydrogen) atoms. The lowest BCUT2D eigenvalue weighted by atomic mass is 10.2. The zero-order valence-electron chi connectivity index (χ0n) is 17.6. The predicted molar refractivity (Wildman–Crippen MR) is 128 cm³/mol. The van der Waals surface area contributed by atoms with Crippen molar-refractivity contribution in [3.05, 3.63) is 114 Å². The van der Waals surface area contributed by atoms with E-state index in [-0.39, 0.29) is 0 Å². The van der Waals surface area contributed by atoms with Crippen molar-refractivity contribution in [3.8, 4) is 0 Å². The maximum atomic E-state index is 4.81. The molecule has 0 unspecified atom stereocenters. The second-order valence-corrected chi connectivity index (χ2v) is 7.60. The van der Waals surface area contributed by atoms with E-state index in [1.165, 1.54) is 16.7 Å². The van der Waals surface area contributed by atoms with Gasteiger partial charge in [-0.15, -0.1) is 0 Å². The van der Waals surface area contributed by atoms with Gasteiger partial charge in [-0.3, -0.25) is 0 Å². The highest BCUT2D eigenvalue weighted by molar-refractivity contribution is 5.84. The SMILES string of the molecule is c1ccc(CNc2nc(NCc3ccccc3)c3c(ncn3Cc3ccccc3)n2)cc1. The van der Waals surface area contributed by atoms with Crippen LogP contribution in [0.3, 0.4) is 0 Å². The van der Waals surface area contributed by atoms with Crippen LogP contribution in [-0.4, -0.2) is 19.5 Å². The van der Waals surface area contributed by atoms with Crippen LogP contribution in [0.2, 0.25) is 0 Å². The molecule has 2 aromatic heterocycles. The molecule has 0 aliphatic carbocycles. The van der Waals surface area contributed by atoms with E-state index < -0.39 is 0 Å². The molecule has 0 saturated heterocycles. The van der Waals surface area contributed by atoms with Crippen LogP contribution in [0.25, 0.3) is 11.2 Å². The first-order chi connectivity index (χ1) is 15.8. The average Bonchev–Trinajstić information content (AvgIpc) is 3.26. The van der Waals surface area contributed by atoms with Gasteiger partial charge in [0, 0.05) is 19.6 Å². The summed E-state index contributed by atoms with van der Waals surface area (Å²) in [6, 6.07) is 30.9. The zero-order valence-corrected chi connectivity index (χ0v) is 17.6. The van der Waals surface area contributed by atoms with Gasteiger partial charge in [0.25, 0.3) is 0 Å². The average molecular weight is 421 g/mol. The summed E-state index contributed by atoms with van der Waals surface area (Å²) >= 11 is 0. The molecule has 0 spiro atoms. The number of hydrogen-bond acceptors (Lipinski definition) is 5. The van der Waals surface area contributed by atoms with E-state index in [1.807, 2.05) is 60.9 Å². The summed E-state index contributed by atoms with van der Waals surface area (Å²) in [6.45, 7) is 2.02. The molecular formula is C26H24N6. The molecule has 3 aromatic carbocycles. The van der Waals surface area contributed by atoms with Crippen molar-refractivity contribution in [2.45, 2.75) is 19.6 Å². The maximum Gasteiger partial charge on any atom is 0.227 e. The standard InChI is InChI=1S/C26H24N6/c1-4-10-20(11-5-1)16-27-24-23-25(29-19-32(23)18-22-14-8-3-9-15-22)31-26(30-24)28-17-21-12-6-2-7-13-21/h1-15,19H,16-18H2,(H2,27,28,30,31). The van der Waals surface area contributed by atoms with Crippen molar-refractivity contribution in [3.63, 3.8) is 0 Å². The summed E-state index contributed by atoms with van der Waals surface area (Å²) in [5, 5.41) is 6.84. The lowest BCUT2D eigenvalue weighted by Crippen LogP contribution is -2.09. The van der Waals surface area contributed by atoms with Crippen molar-refractivity contribution >= 4 is 22.9 Å². The summed E-state index contributed by atoms with van der Waals surface area (Å²) < 4.78 is 2.10. The highest BCUT2D eigenvalue weighted by Gasteiger charge is 2.14. The van der Waals surface area contributed by atoms with Crippen molar-refractivity contribution < 1.29 is 0 Å². The van der Waals surface area contributed by atoms with Crippen molar-refractivity contribution in [1.82, 2.24) is 19.5 Å². The van der Waals surface area contributed by atoms with Crippen LogP contribution in [0.4, 0.5) is 11.8 Å². The molecule has 2 N–H and O–H groups in total. The van der Waals surface area contributed by atoms with Crippen LogP contribution in [0, 0.1) is 0 Å². The quantitative estimate of drug-likeness (QED) is 0.366. The molecule has 0 amide bonds. The first kappa shape index (κ1) is 19.8.